The molecule has 0 unspecified atom stereocenters. The van der Waals surface area contributed by atoms with Crippen LogP contribution in [-0.4, -0.2) is 43.9 Å². The summed E-state index contributed by atoms with van der Waals surface area (Å²) in [6.07, 6.45) is 10.7. The van der Waals surface area contributed by atoms with Crippen LogP contribution in [0, 0.1) is 5.82 Å². The summed E-state index contributed by atoms with van der Waals surface area (Å²) >= 11 is 0. The molecule has 4 heterocycles. The first kappa shape index (κ1) is 20.5. The molecule has 0 aliphatic carbocycles. The molecule has 1 N–H and O–H groups in total. The number of halogens is 1. The SMILES string of the molecule is O=C(Cc1cccnc1)c1n[nH]c2cc(F)c(-c3cncc(CN4CCCCC4)c3)cc12. The van der Waals surface area contributed by atoms with E-state index in [4.69, 9.17) is 0 Å². The van der Waals surface area contributed by atoms with E-state index in [0.29, 0.717) is 27.7 Å². The number of benzene rings is 1. The number of hydrogen-bond donors (Lipinski definition) is 1. The molecule has 0 bridgehead atoms. The molecule has 7 heteroatoms. The van der Waals surface area contributed by atoms with E-state index in [0.717, 1.165) is 30.8 Å². The fourth-order valence-corrected chi connectivity index (χ4v) is 4.34. The van der Waals surface area contributed by atoms with Crippen LogP contribution in [0.25, 0.3) is 22.0 Å². The van der Waals surface area contributed by atoms with Crippen molar-refractivity contribution in [2.75, 3.05) is 13.1 Å². The average Bonchev–Trinajstić information content (AvgIpc) is 3.23. The number of carbonyl (C=O) groups excluding carboxylic acids is 1. The molecular formula is C25H24FN5O. The minimum absolute atomic E-state index is 0.140. The first-order valence-corrected chi connectivity index (χ1v) is 10.9. The molecule has 0 spiro atoms. The number of rotatable bonds is 6. The molecule has 1 fully saturated rings. The molecule has 1 aromatic carbocycles. The Kier molecular flexibility index (Phi) is 5.73. The molecule has 0 radical (unpaired) electrons. The molecule has 1 aliphatic rings. The zero-order valence-corrected chi connectivity index (χ0v) is 17.7. The van der Waals surface area contributed by atoms with E-state index in [1.807, 2.05) is 18.3 Å². The molecule has 0 atom stereocenters. The molecule has 1 saturated heterocycles. The molecule has 0 amide bonds. The van der Waals surface area contributed by atoms with Gasteiger partial charge in [0.05, 0.1) is 5.52 Å². The number of fused-ring (bicyclic) bond motifs is 1. The van der Waals surface area contributed by atoms with Crippen LogP contribution < -0.4 is 0 Å². The highest BCUT2D eigenvalue weighted by molar-refractivity contribution is 6.07. The zero-order chi connectivity index (χ0) is 21.9. The zero-order valence-electron chi connectivity index (χ0n) is 17.7. The predicted molar refractivity (Wildman–Crippen MR) is 121 cm³/mol. The van der Waals surface area contributed by atoms with Gasteiger partial charge in [-0.05, 0) is 55.3 Å². The minimum Gasteiger partial charge on any atom is -0.299 e. The topological polar surface area (TPSA) is 74.8 Å². The predicted octanol–water partition coefficient (Wildman–Crippen LogP) is 4.57. The summed E-state index contributed by atoms with van der Waals surface area (Å²) in [6, 6.07) is 8.73. The Bertz CT molecular complexity index is 1250. The normalized spacial score (nSPS) is 14.7. The monoisotopic (exact) mass is 429 g/mol. The van der Waals surface area contributed by atoms with Gasteiger partial charge in [-0.15, -0.1) is 0 Å². The number of H-pyrrole nitrogens is 1. The van der Waals surface area contributed by atoms with E-state index in [-0.39, 0.29) is 18.0 Å². The number of nitrogens with zero attached hydrogens (tertiary/aromatic N) is 4. The highest BCUT2D eigenvalue weighted by Crippen LogP contribution is 2.29. The van der Waals surface area contributed by atoms with Crippen LogP contribution in [0.2, 0.25) is 0 Å². The summed E-state index contributed by atoms with van der Waals surface area (Å²) in [5.74, 6) is -0.511. The van der Waals surface area contributed by atoms with Crippen LogP contribution in [0.3, 0.4) is 0 Å². The van der Waals surface area contributed by atoms with Crippen molar-refractivity contribution in [1.29, 1.82) is 0 Å². The summed E-state index contributed by atoms with van der Waals surface area (Å²) < 4.78 is 15.0. The number of ketones is 1. The van der Waals surface area contributed by atoms with E-state index in [9.17, 15) is 9.18 Å². The smallest absolute Gasteiger partial charge is 0.188 e. The highest BCUT2D eigenvalue weighted by Gasteiger charge is 2.18. The molecule has 3 aromatic heterocycles. The second kappa shape index (κ2) is 8.96. The Balaban J connectivity index is 1.45. The summed E-state index contributed by atoms with van der Waals surface area (Å²) in [6.45, 7) is 2.98. The van der Waals surface area contributed by atoms with Gasteiger partial charge in [0.2, 0.25) is 0 Å². The van der Waals surface area contributed by atoms with Crippen LogP contribution in [0.4, 0.5) is 4.39 Å². The summed E-state index contributed by atoms with van der Waals surface area (Å²) in [4.78, 5) is 23.7. The van der Waals surface area contributed by atoms with Gasteiger partial charge in [0, 0.05) is 60.3 Å². The maximum Gasteiger partial charge on any atom is 0.188 e. The second-order valence-electron chi connectivity index (χ2n) is 8.33. The van der Waals surface area contributed by atoms with Gasteiger partial charge >= 0.3 is 0 Å². The number of aromatic amines is 1. The number of pyridine rings is 2. The van der Waals surface area contributed by atoms with Crippen molar-refractivity contribution >= 4 is 16.7 Å². The third kappa shape index (κ3) is 4.29. The lowest BCUT2D eigenvalue weighted by Gasteiger charge is -2.26. The third-order valence-corrected chi connectivity index (χ3v) is 5.96. The van der Waals surface area contributed by atoms with Crippen LogP contribution in [0.1, 0.15) is 40.9 Å². The van der Waals surface area contributed by atoms with Crippen LogP contribution in [0.5, 0.6) is 0 Å². The first-order valence-electron chi connectivity index (χ1n) is 10.9. The third-order valence-electron chi connectivity index (χ3n) is 5.96. The number of hydrogen-bond acceptors (Lipinski definition) is 5. The fraction of sp³-hybridized carbons (Fsp3) is 0.280. The molecule has 4 aromatic rings. The number of carbonyl (C=O) groups is 1. The van der Waals surface area contributed by atoms with Gasteiger partial charge < -0.3 is 0 Å². The van der Waals surface area contributed by atoms with Crippen molar-refractivity contribution in [2.24, 2.45) is 0 Å². The fourth-order valence-electron chi connectivity index (χ4n) is 4.34. The maximum atomic E-state index is 15.0. The van der Waals surface area contributed by atoms with Gasteiger partial charge in [-0.1, -0.05) is 12.5 Å². The summed E-state index contributed by atoms with van der Waals surface area (Å²) in [5, 5.41) is 7.58. The largest absolute Gasteiger partial charge is 0.299 e. The summed E-state index contributed by atoms with van der Waals surface area (Å²) in [5.41, 5.74) is 3.79. The number of Topliss-reactive ketones (excluding diaryl/α,β-unsaturated/α-hetero) is 1. The van der Waals surface area contributed by atoms with Gasteiger partial charge in [-0.25, -0.2) is 4.39 Å². The van der Waals surface area contributed by atoms with Crippen molar-refractivity contribution in [3.63, 3.8) is 0 Å². The lowest BCUT2D eigenvalue weighted by molar-refractivity contribution is 0.0989. The van der Waals surface area contributed by atoms with Crippen LogP contribution in [0.15, 0.2) is 55.1 Å². The molecule has 5 rings (SSSR count). The van der Waals surface area contributed by atoms with Gasteiger partial charge in [0.1, 0.15) is 11.5 Å². The number of likely N-dealkylation sites (tertiary alicyclic amines) is 1. The van der Waals surface area contributed by atoms with E-state index >= 15 is 0 Å². The van der Waals surface area contributed by atoms with Crippen molar-refractivity contribution < 1.29 is 9.18 Å². The van der Waals surface area contributed by atoms with Crippen LogP contribution in [-0.2, 0) is 13.0 Å². The van der Waals surface area contributed by atoms with E-state index in [1.54, 1.807) is 30.7 Å². The average molecular weight is 429 g/mol. The highest BCUT2D eigenvalue weighted by atomic mass is 19.1. The van der Waals surface area contributed by atoms with E-state index in [2.05, 4.69) is 25.1 Å². The second-order valence-corrected chi connectivity index (χ2v) is 8.33. The Morgan fingerprint density at radius 1 is 1.03 bits per heavy atom. The van der Waals surface area contributed by atoms with Gasteiger partial charge in [0.15, 0.2) is 5.78 Å². The van der Waals surface area contributed by atoms with Crippen molar-refractivity contribution in [2.45, 2.75) is 32.2 Å². The number of piperidine rings is 1. The quantitative estimate of drug-likeness (QED) is 0.455. The first-order chi connectivity index (χ1) is 15.7. The Morgan fingerprint density at radius 2 is 1.88 bits per heavy atom. The minimum atomic E-state index is -0.371. The van der Waals surface area contributed by atoms with Crippen molar-refractivity contribution in [1.82, 2.24) is 25.1 Å². The molecule has 162 valence electrons. The molecule has 6 nitrogen and oxygen atoms in total. The van der Waals surface area contributed by atoms with Gasteiger partial charge in [-0.3, -0.25) is 24.8 Å². The van der Waals surface area contributed by atoms with Crippen molar-refractivity contribution in [3.8, 4) is 11.1 Å². The Morgan fingerprint density at radius 3 is 2.69 bits per heavy atom. The molecule has 32 heavy (non-hydrogen) atoms. The van der Waals surface area contributed by atoms with E-state index in [1.165, 1.54) is 25.3 Å². The summed E-state index contributed by atoms with van der Waals surface area (Å²) in [7, 11) is 0. The van der Waals surface area contributed by atoms with Gasteiger partial charge in [0.25, 0.3) is 0 Å². The van der Waals surface area contributed by atoms with Crippen molar-refractivity contribution in [3.05, 3.63) is 77.8 Å². The van der Waals surface area contributed by atoms with E-state index < -0.39 is 0 Å². The molecular weight excluding hydrogens is 405 g/mol. The Labute approximate surface area is 185 Å². The lowest BCUT2D eigenvalue weighted by Crippen LogP contribution is -2.29. The molecule has 1 aliphatic heterocycles. The number of aromatic nitrogens is 4. The maximum absolute atomic E-state index is 15.0. The Hall–Kier alpha value is -3.45. The standard InChI is InChI=1S/C25H24FN5O/c26-22-12-23-21(25(30-29-23)24(32)10-17-5-4-6-27-13-17)11-20(22)19-9-18(14-28-15-19)16-31-7-2-1-3-8-31/h4-6,9,11-15H,1-3,7-8,10,16H2,(H,29,30). The number of nitrogens with one attached hydrogen (secondary N) is 1. The lowest BCUT2D eigenvalue weighted by atomic mass is 10.00. The molecule has 0 saturated carbocycles. The van der Waals surface area contributed by atoms with Gasteiger partial charge in [-0.2, -0.15) is 5.10 Å². The van der Waals surface area contributed by atoms with Crippen LogP contribution >= 0.6 is 0 Å².